The molecule has 0 unspecified atom stereocenters. The first-order chi connectivity index (χ1) is 9.34. The van der Waals surface area contributed by atoms with E-state index in [1.807, 2.05) is 53.9 Å². The van der Waals surface area contributed by atoms with E-state index in [1.165, 1.54) is 11.3 Å². The molecular weight excluding hydrogens is 256 g/mol. The Kier molecular flexibility index (Phi) is 3.25. The molecule has 0 aliphatic heterocycles. The van der Waals surface area contributed by atoms with Crippen molar-refractivity contribution < 1.29 is 0 Å². The van der Waals surface area contributed by atoms with Crippen molar-refractivity contribution in [3.63, 3.8) is 0 Å². The summed E-state index contributed by atoms with van der Waals surface area (Å²) < 4.78 is 1.62. The Morgan fingerprint density at radius 3 is 2.89 bits per heavy atom. The summed E-state index contributed by atoms with van der Waals surface area (Å²) in [7, 11) is 0. The van der Waals surface area contributed by atoms with Crippen LogP contribution in [0.1, 0.15) is 5.56 Å². The van der Waals surface area contributed by atoms with E-state index in [0.29, 0.717) is 11.9 Å². The number of aromatic nitrogens is 2. The maximum absolute atomic E-state index is 12.1. The number of hydrogen-bond donors (Lipinski definition) is 0. The highest BCUT2D eigenvalue weighted by Gasteiger charge is 2.03. The summed E-state index contributed by atoms with van der Waals surface area (Å²) in [5.41, 5.74) is 1.14. The van der Waals surface area contributed by atoms with E-state index in [-0.39, 0.29) is 5.56 Å². The van der Waals surface area contributed by atoms with E-state index in [4.69, 9.17) is 0 Å². The van der Waals surface area contributed by atoms with E-state index >= 15 is 0 Å². The molecule has 3 nitrogen and oxygen atoms in total. The number of hydrogen-bond acceptors (Lipinski definition) is 3. The molecule has 2 aromatic heterocycles. The lowest BCUT2D eigenvalue weighted by Crippen LogP contribution is -2.18. The fourth-order valence-corrected chi connectivity index (χ4v) is 2.61. The lowest BCUT2D eigenvalue weighted by atomic mass is 10.2. The molecule has 0 saturated heterocycles. The zero-order chi connectivity index (χ0) is 13.1. The highest BCUT2D eigenvalue weighted by molar-refractivity contribution is 7.16. The van der Waals surface area contributed by atoms with Crippen LogP contribution in [0.4, 0.5) is 0 Å². The molecule has 3 rings (SSSR count). The van der Waals surface area contributed by atoms with Crippen molar-refractivity contribution in [3.8, 4) is 0 Å². The lowest BCUT2D eigenvalue weighted by molar-refractivity contribution is 0.770. The minimum absolute atomic E-state index is 0.0176. The SMILES string of the molecule is O=c1c2ccsc2ncn1CC=Cc1ccccc1. The van der Waals surface area contributed by atoms with Gasteiger partial charge < -0.3 is 0 Å². The van der Waals surface area contributed by atoms with E-state index in [1.54, 1.807) is 10.9 Å². The van der Waals surface area contributed by atoms with Crippen molar-refractivity contribution in [2.24, 2.45) is 0 Å². The lowest BCUT2D eigenvalue weighted by Gasteiger charge is -2.00. The molecule has 19 heavy (non-hydrogen) atoms. The summed E-state index contributed by atoms with van der Waals surface area (Å²) in [4.78, 5) is 17.2. The van der Waals surface area contributed by atoms with Crippen LogP contribution < -0.4 is 5.56 Å². The average molecular weight is 268 g/mol. The second-order valence-corrected chi connectivity index (χ2v) is 5.05. The first-order valence-electron chi connectivity index (χ1n) is 5.99. The Balaban J connectivity index is 1.84. The molecule has 1 aromatic carbocycles. The maximum Gasteiger partial charge on any atom is 0.262 e. The van der Waals surface area contributed by atoms with Gasteiger partial charge in [-0.1, -0.05) is 42.5 Å². The van der Waals surface area contributed by atoms with Crippen molar-refractivity contribution in [1.29, 1.82) is 0 Å². The predicted molar refractivity (Wildman–Crippen MR) is 79.4 cm³/mol. The summed E-state index contributed by atoms with van der Waals surface area (Å²) in [6.45, 7) is 0.534. The van der Waals surface area contributed by atoms with Gasteiger partial charge in [0.05, 0.1) is 11.7 Å². The monoisotopic (exact) mass is 268 g/mol. The van der Waals surface area contributed by atoms with Gasteiger partial charge >= 0.3 is 0 Å². The van der Waals surface area contributed by atoms with Crippen LogP contribution in [0.5, 0.6) is 0 Å². The van der Waals surface area contributed by atoms with Crippen LogP contribution in [0.25, 0.3) is 16.3 Å². The average Bonchev–Trinajstić information content (AvgIpc) is 2.92. The first kappa shape index (κ1) is 11.9. The van der Waals surface area contributed by atoms with Crippen molar-refractivity contribution in [2.75, 3.05) is 0 Å². The third kappa shape index (κ3) is 2.48. The molecular formula is C15H12N2OS. The normalized spacial score (nSPS) is 11.4. The number of benzene rings is 1. The molecule has 4 heteroatoms. The van der Waals surface area contributed by atoms with Crippen molar-refractivity contribution in [1.82, 2.24) is 9.55 Å². The number of rotatable bonds is 3. The zero-order valence-corrected chi connectivity index (χ0v) is 11.0. The van der Waals surface area contributed by atoms with Gasteiger partial charge in [0.1, 0.15) is 4.83 Å². The van der Waals surface area contributed by atoms with Gasteiger partial charge in [-0.25, -0.2) is 4.98 Å². The van der Waals surface area contributed by atoms with Crippen molar-refractivity contribution in [2.45, 2.75) is 6.54 Å². The largest absolute Gasteiger partial charge is 0.295 e. The van der Waals surface area contributed by atoms with Gasteiger partial charge in [0.15, 0.2) is 0 Å². The summed E-state index contributed by atoms with van der Waals surface area (Å²) in [6, 6.07) is 11.8. The summed E-state index contributed by atoms with van der Waals surface area (Å²) in [6.07, 6.45) is 5.58. The molecule has 0 N–H and O–H groups in total. The van der Waals surface area contributed by atoms with Gasteiger partial charge in [-0.05, 0) is 17.0 Å². The third-order valence-corrected chi connectivity index (χ3v) is 3.68. The van der Waals surface area contributed by atoms with Gasteiger partial charge in [0, 0.05) is 6.54 Å². The van der Waals surface area contributed by atoms with Crippen LogP contribution in [-0.2, 0) is 6.54 Å². The van der Waals surface area contributed by atoms with Crippen LogP contribution in [0, 0.1) is 0 Å². The zero-order valence-electron chi connectivity index (χ0n) is 10.2. The summed E-state index contributed by atoms with van der Waals surface area (Å²) in [5.74, 6) is 0. The van der Waals surface area contributed by atoms with Gasteiger partial charge in [0.25, 0.3) is 5.56 Å². The molecule has 0 atom stereocenters. The summed E-state index contributed by atoms with van der Waals surface area (Å²) >= 11 is 1.49. The van der Waals surface area contributed by atoms with E-state index in [0.717, 1.165) is 10.4 Å². The molecule has 0 amide bonds. The molecule has 0 saturated carbocycles. The Morgan fingerprint density at radius 1 is 1.21 bits per heavy atom. The molecule has 0 fully saturated rings. The van der Waals surface area contributed by atoms with Gasteiger partial charge in [-0.15, -0.1) is 11.3 Å². The molecule has 0 bridgehead atoms. The fraction of sp³-hybridized carbons (Fsp3) is 0.0667. The Hall–Kier alpha value is -2.20. The summed E-state index contributed by atoms with van der Waals surface area (Å²) in [5, 5.41) is 2.59. The molecule has 2 heterocycles. The minimum atomic E-state index is 0.0176. The van der Waals surface area contributed by atoms with E-state index in [9.17, 15) is 4.79 Å². The van der Waals surface area contributed by atoms with Crippen molar-refractivity contribution in [3.05, 3.63) is 70.1 Å². The van der Waals surface area contributed by atoms with Crippen molar-refractivity contribution >= 4 is 27.6 Å². The first-order valence-corrected chi connectivity index (χ1v) is 6.87. The van der Waals surface area contributed by atoms with Crippen LogP contribution in [-0.4, -0.2) is 9.55 Å². The molecule has 3 aromatic rings. The number of thiophene rings is 1. The van der Waals surface area contributed by atoms with Crippen LogP contribution in [0.2, 0.25) is 0 Å². The molecule has 0 spiro atoms. The van der Waals surface area contributed by atoms with E-state index in [2.05, 4.69) is 4.98 Å². The van der Waals surface area contributed by atoms with Crippen LogP contribution in [0.15, 0.2) is 59.0 Å². The predicted octanol–water partition coefficient (Wildman–Crippen LogP) is 3.17. The maximum atomic E-state index is 12.1. The molecule has 0 radical (unpaired) electrons. The third-order valence-electron chi connectivity index (χ3n) is 2.86. The highest BCUT2D eigenvalue weighted by atomic mass is 32.1. The number of nitrogens with zero attached hydrogens (tertiary/aromatic N) is 2. The standard InChI is InChI=1S/C15H12N2OS/c18-15-13-8-10-19-14(13)16-11-17(15)9-4-7-12-5-2-1-3-6-12/h1-8,10-11H,9H2. The second kappa shape index (κ2) is 5.20. The second-order valence-electron chi connectivity index (χ2n) is 4.15. The molecule has 0 aliphatic carbocycles. The van der Waals surface area contributed by atoms with Gasteiger partial charge in [-0.3, -0.25) is 9.36 Å². The Morgan fingerprint density at radius 2 is 2.05 bits per heavy atom. The fourth-order valence-electron chi connectivity index (χ4n) is 1.89. The van der Waals surface area contributed by atoms with E-state index < -0.39 is 0 Å². The Bertz CT molecular complexity index is 771. The molecule has 94 valence electrons. The van der Waals surface area contributed by atoms with Crippen LogP contribution in [0.3, 0.4) is 0 Å². The van der Waals surface area contributed by atoms with Gasteiger partial charge in [-0.2, -0.15) is 0 Å². The topological polar surface area (TPSA) is 34.9 Å². The minimum Gasteiger partial charge on any atom is -0.295 e. The van der Waals surface area contributed by atoms with Gasteiger partial charge in [0.2, 0.25) is 0 Å². The molecule has 0 aliphatic rings. The quantitative estimate of drug-likeness (QED) is 0.731. The van der Waals surface area contributed by atoms with Crippen LogP contribution >= 0.6 is 11.3 Å². The Labute approximate surface area is 114 Å². The highest BCUT2D eigenvalue weighted by Crippen LogP contribution is 2.13. The smallest absolute Gasteiger partial charge is 0.262 e. The number of fused-ring (bicyclic) bond motifs is 1. The number of allylic oxidation sites excluding steroid dienone is 1.